The van der Waals surface area contributed by atoms with E-state index in [1.165, 1.54) is 0 Å². The first kappa shape index (κ1) is 20.3. The van der Waals surface area contributed by atoms with Crippen molar-refractivity contribution >= 4 is 11.7 Å². The lowest BCUT2D eigenvalue weighted by Crippen LogP contribution is -2.19. The van der Waals surface area contributed by atoms with Gasteiger partial charge >= 0.3 is 0 Å². The van der Waals surface area contributed by atoms with Crippen LogP contribution in [0.2, 0.25) is 0 Å². The Morgan fingerprint density at radius 1 is 1.21 bits per heavy atom. The Bertz CT molecular complexity index is 986. The topological polar surface area (TPSA) is 87.5 Å². The van der Waals surface area contributed by atoms with E-state index in [4.69, 9.17) is 14.2 Å². The Kier molecular flexibility index (Phi) is 6.46. The van der Waals surface area contributed by atoms with Crippen LogP contribution in [0.15, 0.2) is 48.7 Å². The number of amides is 1. The van der Waals surface area contributed by atoms with Crippen molar-refractivity contribution in [3.8, 4) is 17.5 Å². The van der Waals surface area contributed by atoms with Crippen molar-refractivity contribution in [2.24, 2.45) is 7.05 Å². The van der Waals surface area contributed by atoms with Gasteiger partial charge in [0.25, 0.3) is 5.91 Å². The highest BCUT2D eigenvalue weighted by molar-refractivity contribution is 6.04. The molecule has 0 aliphatic carbocycles. The van der Waals surface area contributed by atoms with Gasteiger partial charge in [0.2, 0.25) is 11.8 Å². The first-order valence-electron chi connectivity index (χ1n) is 9.16. The fourth-order valence-corrected chi connectivity index (χ4v) is 2.67. The average Bonchev–Trinajstić information content (AvgIpc) is 3.06. The SMILES string of the molecule is COC[C@@H](C)Oc1cc(C(=O)Nc2ccn(C)n2)cc(Oc2cccc(C)c2)n1. The number of aryl methyl sites for hydroxylation is 2. The van der Waals surface area contributed by atoms with Crippen LogP contribution in [-0.4, -0.2) is 40.5 Å². The van der Waals surface area contributed by atoms with Gasteiger partial charge < -0.3 is 19.5 Å². The fourth-order valence-electron chi connectivity index (χ4n) is 2.67. The molecule has 3 aromatic rings. The molecule has 8 nitrogen and oxygen atoms in total. The van der Waals surface area contributed by atoms with Gasteiger partial charge in [-0.05, 0) is 31.5 Å². The van der Waals surface area contributed by atoms with Gasteiger partial charge in [-0.3, -0.25) is 9.48 Å². The average molecular weight is 396 g/mol. The van der Waals surface area contributed by atoms with Crippen LogP contribution >= 0.6 is 0 Å². The summed E-state index contributed by atoms with van der Waals surface area (Å²) in [6.07, 6.45) is 1.50. The Morgan fingerprint density at radius 2 is 2.00 bits per heavy atom. The maximum absolute atomic E-state index is 12.7. The van der Waals surface area contributed by atoms with Gasteiger partial charge in [-0.25, -0.2) is 0 Å². The summed E-state index contributed by atoms with van der Waals surface area (Å²) < 4.78 is 18.4. The number of benzene rings is 1. The Hall–Kier alpha value is -3.39. The van der Waals surface area contributed by atoms with Crippen LogP contribution in [0, 0.1) is 6.92 Å². The minimum absolute atomic E-state index is 0.242. The number of hydrogen-bond acceptors (Lipinski definition) is 6. The van der Waals surface area contributed by atoms with Crippen molar-refractivity contribution in [1.29, 1.82) is 0 Å². The lowest BCUT2D eigenvalue weighted by Gasteiger charge is -2.15. The highest BCUT2D eigenvalue weighted by Crippen LogP contribution is 2.25. The maximum Gasteiger partial charge on any atom is 0.257 e. The van der Waals surface area contributed by atoms with Crippen molar-refractivity contribution in [1.82, 2.24) is 14.8 Å². The lowest BCUT2D eigenvalue weighted by molar-refractivity contribution is 0.0882. The van der Waals surface area contributed by atoms with Crippen molar-refractivity contribution < 1.29 is 19.0 Å². The molecular weight excluding hydrogens is 372 g/mol. The summed E-state index contributed by atoms with van der Waals surface area (Å²) in [4.78, 5) is 17.1. The summed E-state index contributed by atoms with van der Waals surface area (Å²) in [5.74, 6) is 1.25. The van der Waals surface area contributed by atoms with Gasteiger partial charge in [-0.2, -0.15) is 10.1 Å². The van der Waals surface area contributed by atoms with Crippen LogP contribution in [-0.2, 0) is 11.8 Å². The molecule has 0 bridgehead atoms. The van der Waals surface area contributed by atoms with E-state index in [-0.39, 0.29) is 23.8 Å². The molecule has 1 aromatic carbocycles. The minimum atomic E-state index is -0.343. The van der Waals surface area contributed by atoms with E-state index in [9.17, 15) is 4.79 Å². The summed E-state index contributed by atoms with van der Waals surface area (Å²) in [6, 6.07) is 12.4. The van der Waals surface area contributed by atoms with E-state index < -0.39 is 0 Å². The summed E-state index contributed by atoms with van der Waals surface area (Å²) in [5, 5.41) is 6.91. The van der Waals surface area contributed by atoms with Gasteiger partial charge in [0.1, 0.15) is 11.9 Å². The number of hydrogen-bond donors (Lipinski definition) is 1. The summed E-state index contributed by atoms with van der Waals surface area (Å²) in [7, 11) is 3.37. The van der Waals surface area contributed by atoms with Crippen LogP contribution in [0.4, 0.5) is 5.82 Å². The second-order valence-electron chi connectivity index (χ2n) is 6.66. The summed E-state index contributed by atoms with van der Waals surface area (Å²) in [6.45, 7) is 4.21. The normalized spacial score (nSPS) is 11.7. The molecule has 152 valence electrons. The molecule has 29 heavy (non-hydrogen) atoms. The van der Waals surface area contributed by atoms with E-state index in [0.717, 1.165) is 5.56 Å². The van der Waals surface area contributed by atoms with Gasteiger partial charge in [0.15, 0.2) is 5.82 Å². The molecule has 0 aliphatic heterocycles. The van der Waals surface area contributed by atoms with Crippen molar-refractivity contribution in [3.05, 3.63) is 59.8 Å². The van der Waals surface area contributed by atoms with E-state index >= 15 is 0 Å². The molecule has 0 saturated carbocycles. The third-order valence-electron chi connectivity index (χ3n) is 3.93. The quantitative estimate of drug-likeness (QED) is 0.626. The number of nitrogens with zero attached hydrogens (tertiary/aromatic N) is 3. The largest absolute Gasteiger partial charge is 0.472 e. The molecule has 0 aliphatic rings. The Labute approximate surface area is 169 Å². The molecule has 1 amide bonds. The zero-order valence-electron chi connectivity index (χ0n) is 16.9. The first-order valence-corrected chi connectivity index (χ1v) is 9.16. The predicted molar refractivity (Wildman–Crippen MR) is 109 cm³/mol. The summed E-state index contributed by atoms with van der Waals surface area (Å²) >= 11 is 0. The van der Waals surface area contributed by atoms with Gasteiger partial charge in [-0.1, -0.05) is 12.1 Å². The second kappa shape index (κ2) is 9.20. The number of anilines is 1. The zero-order chi connectivity index (χ0) is 20.8. The van der Waals surface area contributed by atoms with Crippen molar-refractivity contribution in [2.75, 3.05) is 19.0 Å². The number of ether oxygens (including phenoxy) is 3. The molecule has 0 fully saturated rings. The molecule has 2 heterocycles. The van der Waals surface area contributed by atoms with Crippen LogP contribution in [0.1, 0.15) is 22.8 Å². The van der Waals surface area contributed by atoms with Crippen molar-refractivity contribution in [2.45, 2.75) is 20.0 Å². The summed E-state index contributed by atoms with van der Waals surface area (Å²) in [5.41, 5.74) is 1.39. The number of carbonyl (C=O) groups excluding carboxylic acids is 1. The third-order valence-corrected chi connectivity index (χ3v) is 3.93. The van der Waals surface area contributed by atoms with E-state index in [0.29, 0.717) is 23.7 Å². The number of methoxy groups -OCH3 is 1. The van der Waals surface area contributed by atoms with Gasteiger partial charge in [0, 0.05) is 38.6 Å². The molecule has 8 heteroatoms. The number of rotatable bonds is 8. The minimum Gasteiger partial charge on any atom is -0.472 e. The lowest BCUT2D eigenvalue weighted by atomic mass is 10.2. The van der Waals surface area contributed by atoms with Crippen molar-refractivity contribution in [3.63, 3.8) is 0 Å². The molecule has 0 radical (unpaired) electrons. The van der Waals surface area contributed by atoms with Crippen LogP contribution in [0.5, 0.6) is 17.5 Å². The van der Waals surface area contributed by atoms with Crippen LogP contribution < -0.4 is 14.8 Å². The molecule has 2 aromatic heterocycles. The van der Waals surface area contributed by atoms with E-state index in [2.05, 4.69) is 15.4 Å². The molecule has 0 saturated heterocycles. The van der Waals surface area contributed by atoms with E-state index in [1.54, 1.807) is 43.2 Å². The smallest absolute Gasteiger partial charge is 0.257 e. The third kappa shape index (κ3) is 5.79. The molecule has 0 spiro atoms. The molecular formula is C21H24N4O4. The monoisotopic (exact) mass is 396 g/mol. The van der Waals surface area contributed by atoms with Crippen LogP contribution in [0.3, 0.4) is 0 Å². The number of nitrogens with one attached hydrogen (secondary N) is 1. The molecule has 0 unspecified atom stereocenters. The standard InChI is InChI=1S/C21H24N4O4/c1-14-6-5-7-17(10-14)29-20-12-16(11-19(23-20)28-15(2)13-27-4)21(26)22-18-8-9-25(3)24-18/h5-12,15H,13H2,1-4H3,(H,22,24,26)/t15-/m1/s1. The molecule has 1 N–H and O–H groups in total. The number of carbonyl (C=O) groups is 1. The number of aromatic nitrogens is 3. The highest BCUT2D eigenvalue weighted by atomic mass is 16.5. The predicted octanol–water partition coefficient (Wildman–Crippen LogP) is 3.58. The molecule has 1 atom stereocenters. The van der Waals surface area contributed by atoms with Gasteiger partial charge in [-0.15, -0.1) is 0 Å². The Balaban J connectivity index is 1.87. The maximum atomic E-state index is 12.7. The van der Waals surface area contributed by atoms with Gasteiger partial charge in [0.05, 0.1) is 12.2 Å². The Morgan fingerprint density at radius 3 is 2.69 bits per heavy atom. The first-order chi connectivity index (χ1) is 13.9. The highest BCUT2D eigenvalue weighted by Gasteiger charge is 2.15. The number of pyridine rings is 1. The second-order valence-corrected chi connectivity index (χ2v) is 6.66. The zero-order valence-corrected chi connectivity index (χ0v) is 16.9. The molecule has 3 rings (SSSR count). The fraction of sp³-hybridized carbons (Fsp3) is 0.286. The van der Waals surface area contributed by atoms with Crippen LogP contribution in [0.25, 0.3) is 0 Å². The van der Waals surface area contributed by atoms with E-state index in [1.807, 2.05) is 38.1 Å².